The molecule has 2 aliphatic carbocycles. The molecule has 4 atom stereocenters. The van der Waals surface area contributed by atoms with Gasteiger partial charge in [-0.05, 0) is 24.2 Å². The van der Waals surface area contributed by atoms with Gasteiger partial charge in [0.1, 0.15) is 0 Å². The predicted molar refractivity (Wildman–Crippen MR) is 74.1 cm³/mol. The summed E-state index contributed by atoms with van der Waals surface area (Å²) in [4.78, 5) is 12.1. The molecule has 4 nitrogen and oxygen atoms in total. The molecule has 6 heteroatoms. The first-order valence-electron chi connectivity index (χ1n) is 6.34. The number of halogens is 1. The molecule has 18 heavy (non-hydrogen) atoms. The van der Waals surface area contributed by atoms with Crippen molar-refractivity contribution in [2.45, 2.75) is 38.4 Å². The summed E-state index contributed by atoms with van der Waals surface area (Å²) in [7, 11) is -3.31. The number of Topliss-reactive ketones (excluding diaryl/α,β-unsaturated/α-hetero) is 1. The monoisotopic (exact) mass is 337 g/mol. The number of alkyl halides is 1. The van der Waals surface area contributed by atoms with Crippen molar-refractivity contribution in [3.8, 4) is 0 Å². The fourth-order valence-electron chi connectivity index (χ4n) is 3.75. The average Bonchev–Trinajstić information content (AvgIpc) is 2.54. The molecule has 2 aliphatic rings. The Balaban J connectivity index is 2.35. The number of carbonyl (C=O) groups excluding carboxylic acids is 1. The zero-order valence-corrected chi connectivity index (χ0v) is 13.4. The fraction of sp³-hybridized carbons (Fsp3) is 0.917. The van der Waals surface area contributed by atoms with Crippen LogP contribution in [-0.4, -0.2) is 31.3 Å². The maximum Gasteiger partial charge on any atom is 0.212 e. The zero-order valence-electron chi connectivity index (χ0n) is 11.0. The van der Waals surface area contributed by atoms with E-state index in [1.54, 1.807) is 6.92 Å². The molecule has 2 rings (SSSR count). The summed E-state index contributed by atoms with van der Waals surface area (Å²) in [5, 5.41) is 0. The van der Waals surface area contributed by atoms with Crippen LogP contribution in [0, 0.1) is 16.7 Å². The Morgan fingerprint density at radius 1 is 1.44 bits per heavy atom. The van der Waals surface area contributed by atoms with Gasteiger partial charge in [0.2, 0.25) is 10.0 Å². The normalized spacial score (nSPS) is 43.7. The lowest BCUT2D eigenvalue weighted by molar-refractivity contribution is -0.127. The van der Waals surface area contributed by atoms with Crippen LogP contribution >= 0.6 is 15.9 Å². The molecule has 0 aromatic carbocycles. The lowest BCUT2D eigenvalue weighted by Gasteiger charge is -2.36. The van der Waals surface area contributed by atoms with Crippen LogP contribution in [0.15, 0.2) is 0 Å². The van der Waals surface area contributed by atoms with Gasteiger partial charge in [0.25, 0.3) is 0 Å². The second kappa shape index (κ2) is 4.28. The molecular formula is C12H20BrNO3S. The molecule has 0 heterocycles. The molecule has 0 radical (unpaired) electrons. The van der Waals surface area contributed by atoms with Gasteiger partial charge >= 0.3 is 0 Å². The number of ketones is 1. The Kier molecular flexibility index (Phi) is 3.44. The standard InChI is InChI=1S/C12H20BrNO3S/c1-4-14-18(16,17)7-12(3)8-5-6-11(12,2)10(15)9(8)13/h8-9,14H,4-7H2,1-3H3/t8-,9+,11-,12+/m0/s1. The molecular weight excluding hydrogens is 318 g/mol. The van der Waals surface area contributed by atoms with Crippen LogP contribution in [0.1, 0.15) is 33.6 Å². The molecule has 0 aromatic rings. The fourth-order valence-corrected chi connectivity index (χ4v) is 6.97. The van der Waals surface area contributed by atoms with E-state index in [-0.39, 0.29) is 22.3 Å². The minimum absolute atomic E-state index is 0.0445. The third-order valence-corrected chi connectivity index (χ3v) is 7.80. The van der Waals surface area contributed by atoms with Crippen molar-refractivity contribution in [2.24, 2.45) is 16.7 Å². The first kappa shape index (κ1) is 14.5. The first-order chi connectivity index (χ1) is 8.18. The predicted octanol–water partition coefficient (Wildman–Crippen LogP) is 1.69. The number of carbonyl (C=O) groups is 1. The van der Waals surface area contributed by atoms with Gasteiger partial charge in [-0.3, -0.25) is 4.79 Å². The highest BCUT2D eigenvalue weighted by Gasteiger charge is 2.68. The number of sulfonamides is 1. The van der Waals surface area contributed by atoms with Crippen molar-refractivity contribution in [3.05, 3.63) is 0 Å². The van der Waals surface area contributed by atoms with Gasteiger partial charge in [0.15, 0.2) is 5.78 Å². The van der Waals surface area contributed by atoms with Gasteiger partial charge in [-0.15, -0.1) is 0 Å². The van der Waals surface area contributed by atoms with E-state index in [1.807, 2.05) is 13.8 Å². The molecule has 0 saturated heterocycles. The van der Waals surface area contributed by atoms with Crippen LogP contribution in [0.5, 0.6) is 0 Å². The smallest absolute Gasteiger partial charge is 0.212 e. The first-order valence-corrected chi connectivity index (χ1v) is 8.90. The van der Waals surface area contributed by atoms with Gasteiger partial charge in [-0.2, -0.15) is 0 Å². The van der Waals surface area contributed by atoms with E-state index in [2.05, 4.69) is 20.7 Å². The number of hydrogen-bond donors (Lipinski definition) is 1. The van der Waals surface area contributed by atoms with Crippen LogP contribution < -0.4 is 4.72 Å². The van der Waals surface area contributed by atoms with Crippen molar-refractivity contribution in [2.75, 3.05) is 12.3 Å². The maximum absolute atomic E-state index is 12.3. The molecule has 1 N–H and O–H groups in total. The SMILES string of the molecule is CCNS(=O)(=O)C[C@]1(C)[C@H]2CC[C@@]1(C)C(=O)[C@@H]2Br. The van der Waals surface area contributed by atoms with E-state index < -0.39 is 20.9 Å². The summed E-state index contributed by atoms with van der Waals surface area (Å²) in [6.07, 6.45) is 1.73. The summed E-state index contributed by atoms with van der Waals surface area (Å²) in [5.41, 5.74) is -0.965. The Labute approximate surface area is 117 Å². The van der Waals surface area contributed by atoms with Crippen molar-refractivity contribution in [1.82, 2.24) is 4.72 Å². The van der Waals surface area contributed by atoms with E-state index in [1.165, 1.54) is 0 Å². The van der Waals surface area contributed by atoms with Crippen molar-refractivity contribution < 1.29 is 13.2 Å². The average molecular weight is 338 g/mol. The molecule has 0 aromatic heterocycles. The van der Waals surface area contributed by atoms with E-state index >= 15 is 0 Å². The number of hydrogen-bond acceptors (Lipinski definition) is 3. The van der Waals surface area contributed by atoms with Crippen LogP contribution in [0.25, 0.3) is 0 Å². The van der Waals surface area contributed by atoms with Gasteiger partial charge in [0.05, 0.1) is 10.6 Å². The summed E-state index contributed by atoms with van der Waals surface area (Å²) < 4.78 is 26.6. The van der Waals surface area contributed by atoms with Gasteiger partial charge < -0.3 is 0 Å². The molecule has 104 valence electrons. The summed E-state index contributed by atoms with van der Waals surface area (Å²) in [6.45, 7) is 6.05. The highest BCUT2D eigenvalue weighted by molar-refractivity contribution is 9.10. The van der Waals surface area contributed by atoms with Crippen LogP contribution in [-0.2, 0) is 14.8 Å². The third kappa shape index (κ3) is 1.79. The van der Waals surface area contributed by atoms with E-state index in [4.69, 9.17) is 0 Å². The number of fused-ring (bicyclic) bond motifs is 2. The van der Waals surface area contributed by atoms with Crippen molar-refractivity contribution in [1.29, 1.82) is 0 Å². The summed E-state index contributed by atoms with van der Waals surface area (Å²) in [5.74, 6) is 0.347. The van der Waals surface area contributed by atoms with Gasteiger partial charge in [-0.25, -0.2) is 13.1 Å². The van der Waals surface area contributed by atoms with Crippen molar-refractivity contribution in [3.63, 3.8) is 0 Å². The Bertz CT molecular complexity index is 478. The molecule has 0 unspecified atom stereocenters. The second-order valence-electron chi connectivity index (χ2n) is 5.92. The van der Waals surface area contributed by atoms with Crippen LogP contribution in [0.3, 0.4) is 0 Å². The highest BCUT2D eigenvalue weighted by Crippen LogP contribution is 2.65. The van der Waals surface area contributed by atoms with Crippen molar-refractivity contribution >= 4 is 31.7 Å². The Morgan fingerprint density at radius 3 is 2.50 bits per heavy atom. The molecule has 2 fully saturated rings. The minimum Gasteiger partial charge on any atom is -0.298 e. The molecule has 2 bridgehead atoms. The quantitative estimate of drug-likeness (QED) is 0.794. The number of nitrogens with one attached hydrogen (secondary N) is 1. The summed E-state index contributed by atoms with van der Waals surface area (Å²) in [6, 6.07) is 0. The molecule has 0 aliphatic heterocycles. The van der Waals surface area contributed by atoms with Crippen LogP contribution in [0.4, 0.5) is 0 Å². The van der Waals surface area contributed by atoms with Gasteiger partial charge in [-0.1, -0.05) is 36.7 Å². The third-order valence-electron chi connectivity index (χ3n) is 5.04. The van der Waals surface area contributed by atoms with E-state index in [0.717, 1.165) is 12.8 Å². The lowest BCUT2D eigenvalue weighted by atomic mass is 9.70. The molecule has 0 amide bonds. The van der Waals surface area contributed by atoms with E-state index in [9.17, 15) is 13.2 Å². The lowest BCUT2D eigenvalue weighted by Crippen LogP contribution is -2.43. The topological polar surface area (TPSA) is 63.2 Å². The summed E-state index contributed by atoms with van der Waals surface area (Å²) >= 11 is 3.45. The zero-order chi connectivity index (χ0) is 13.8. The largest absolute Gasteiger partial charge is 0.298 e. The second-order valence-corrected chi connectivity index (χ2v) is 8.71. The maximum atomic E-state index is 12.3. The highest BCUT2D eigenvalue weighted by atomic mass is 79.9. The minimum atomic E-state index is -3.31. The number of rotatable bonds is 4. The van der Waals surface area contributed by atoms with Gasteiger partial charge in [0, 0.05) is 12.0 Å². The Morgan fingerprint density at radius 2 is 2.06 bits per heavy atom. The van der Waals surface area contributed by atoms with E-state index in [0.29, 0.717) is 6.54 Å². The Hall–Kier alpha value is 0.0600. The molecule has 2 saturated carbocycles. The van der Waals surface area contributed by atoms with Crippen LogP contribution in [0.2, 0.25) is 0 Å². The molecule has 0 spiro atoms.